The van der Waals surface area contributed by atoms with Crippen molar-refractivity contribution < 1.29 is 4.74 Å². The molecule has 0 N–H and O–H groups in total. The number of hydrogen-bond acceptors (Lipinski definition) is 2. The number of methoxy groups -OCH3 is 1. The van der Waals surface area contributed by atoms with Crippen molar-refractivity contribution in [3.8, 4) is 0 Å². The molecule has 1 aliphatic rings. The van der Waals surface area contributed by atoms with E-state index in [1.54, 1.807) is 18.9 Å². The van der Waals surface area contributed by atoms with Gasteiger partial charge in [-0.1, -0.05) is 48.0 Å². The summed E-state index contributed by atoms with van der Waals surface area (Å²) < 4.78 is 5.39. The van der Waals surface area contributed by atoms with Crippen LogP contribution in [0.2, 0.25) is 0 Å². The van der Waals surface area contributed by atoms with Gasteiger partial charge in [0, 0.05) is 30.8 Å². The average Bonchev–Trinajstić information content (AvgIpc) is 2.58. The Balaban J connectivity index is 1.79. The van der Waals surface area contributed by atoms with E-state index in [0.717, 1.165) is 6.10 Å². The van der Waals surface area contributed by atoms with Crippen molar-refractivity contribution >= 4 is 11.8 Å². The van der Waals surface area contributed by atoms with Crippen LogP contribution in [0, 0.1) is 43.5 Å². The van der Waals surface area contributed by atoms with E-state index < -0.39 is 0 Å². The Bertz CT molecular complexity index is 578. The van der Waals surface area contributed by atoms with Crippen molar-refractivity contribution in [1.29, 1.82) is 0 Å². The molecule has 0 aromatic heterocycles. The number of hydrogen-bond donors (Lipinski definition) is 0. The highest BCUT2D eigenvalue weighted by molar-refractivity contribution is 8.02. The van der Waals surface area contributed by atoms with Crippen molar-refractivity contribution in [2.24, 2.45) is 0 Å². The monoisotopic (exact) mass is 306 g/mol. The van der Waals surface area contributed by atoms with E-state index in [-0.39, 0.29) is 0 Å². The van der Waals surface area contributed by atoms with Gasteiger partial charge in [0.05, 0.1) is 5.25 Å². The second-order valence-corrected chi connectivity index (χ2v) is 6.26. The molecule has 0 bridgehead atoms. The fraction of sp³-hybridized carbons (Fsp3) is 0.100. The third-order valence-electron chi connectivity index (χ3n) is 3.52. The lowest BCUT2D eigenvalue weighted by molar-refractivity contribution is 0.237. The standard InChI is InChI=1S/C20H18OS/c1-15-8-11-18(12-9-15)22-20-13-10-17(21-2)14-19(20)16-6-4-3-5-7-16/h3-14H,1-2H3. The molecule has 0 atom stereocenters. The van der Waals surface area contributed by atoms with E-state index in [1.807, 2.05) is 12.5 Å². The Kier molecular flexibility index (Phi) is 5.22. The SMILES string of the molecule is CO[C]1[CH][CH][C](Sc2ccc(C)cc2)[C](c2ccccc2)[CH]1. The number of aryl methyl sites for hydroxylation is 1. The minimum Gasteiger partial charge on any atom is -0.375 e. The van der Waals surface area contributed by atoms with Crippen LogP contribution in [0.15, 0.2) is 59.5 Å². The van der Waals surface area contributed by atoms with E-state index in [2.05, 4.69) is 68.3 Å². The summed E-state index contributed by atoms with van der Waals surface area (Å²) in [5.74, 6) is 1.20. The van der Waals surface area contributed by atoms with E-state index >= 15 is 0 Å². The number of thioether (sulfide) groups is 1. The van der Waals surface area contributed by atoms with Crippen LogP contribution >= 0.6 is 11.8 Å². The summed E-state index contributed by atoms with van der Waals surface area (Å²) in [5.41, 5.74) is 2.48. The first-order chi connectivity index (χ1) is 10.8. The molecule has 1 saturated carbocycles. The summed E-state index contributed by atoms with van der Waals surface area (Å²) in [6.07, 6.45) is 7.13. The van der Waals surface area contributed by atoms with E-state index in [4.69, 9.17) is 4.74 Å². The van der Waals surface area contributed by atoms with E-state index in [0.29, 0.717) is 0 Å². The Morgan fingerprint density at radius 1 is 0.864 bits per heavy atom. The molecule has 0 heterocycles. The molecule has 1 nitrogen and oxygen atoms in total. The Morgan fingerprint density at radius 2 is 1.59 bits per heavy atom. The maximum atomic E-state index is 5.39. The molecule has 1 aliphatic carbocycles. The van der Waals surface area contributed by atoms with E-state index in [9.17, 15) is 0 Å². The average molecular weight is 306 g/mol. The second-order valence-electron chi connectivity index (χ2n) is 5.14. The number of ether oxygens (including phenoxy) is 1. The second kappa shape index (κ2) is 7.34. The summed E-state index contributed by atoms with van der Waals surface area (Å²) in [4.78, 5) is 1.24. The maximum absolute atomic E-state index is 5.39. The normalized spacial score (nSPS) is 17.7. The molecule has 2 heteroatoms. The summed E-state index contributed by atoms with van der Waals surface area (Å²) >= 11 is 1.78. The predicted molar refractivity (Wildman–Crippen MR) is 92.2 cm³/mol. The molecule has 110 valence electrons. The van der Waals surface area contributed by atoms with Gasteiger partial charge in [-0.05, 0) is 31.0 Å². The molecule has 6 radical (unpaired) electrons. The lowest BCUT2D eigenvalue weighted by atomic mass is 9.82. The van der Waals surface area contributed by atoms with Gasteiger partial charge in [0.25, 0.3) is 0 Å². The van der Waals surface area contributed by atoms with Crippen LogP contribution in [-0.2, 0) is 4.74 Å². The molecular formula is C20H18OS. The molecule has 3 rings (SSSR count). The van der Waals surface area contributed by atoms with Crippen molar-refractivity contribution in [3.63, 3.8) is 0 Å². The smallest absolute Gasteiger partial charge is 0.105 e. The minimum atomic E-state index is 0.882. The van der Waals surface area contributed by atoms with Crippen LogP contribution in [0.5, 0.6) is 0 Å². The maximum Gasteiger partial charge on any atom is 0.105 e. The summed E-state index contributed by atoms with van der Waals surface area (Å²) in [5, 5.41) is 1.23. The van der Waals surface area contributed by atoms with Gasteiger partial charge in [0.15, 0.2) is 0 Å². The van der Waals surface area contributed by atoms with Crippen LogP contribution in [0.4, 0.5) is 0 Å². The van der Waals surface area contributed by atoms with Crippen molar-refractivity contribution in [2.45, 2.75) is 11.8 Å². The third-order valence-corrected chi connectivity index (χ3v) is 4.60. The van der Waals surface area contributed by atoms with Gasteiger partial charge in [0.2, 0.25) is 0 Å². The fourth-order valence-electron chi connectivity index (χ4n) is 2.30. The van der Waals surface area contributed by atoms with Crippen molar-refractivity contribution in [1.82, 2.24) is 0 Å². The molecule has 2 aromatic rings. The fourth-order valence-corrected chi connectivity index (χ4v) is 3.25. The molecule has 0 spiro atoms. The first-order valence-electron chi connectivity index (χ1n) is 7.24. The molecule has 0 unspecified atom stereocenters. The van der Waals surface area contributed by atoms with Crippen LogP contribution in [0.3, 0.4) is 0 Å². The highest BCUT2D eigenvalue weighted by Crippen LogP contribution is 2.48. The van der Waals surface area contributed by atoms with Gasteiger partial charge in [-0.3, -0.25) is 0 Å². The Hall–Kier alpha value is -1.25. The van der Waals surface area contributed by atoms with Gasteiger partial charge in [-0.2, -0.15) is 0 Å². The van der Waals surface area contributed by atoms with E-state index in [1.165, 1.54) is 27.2 Å². The largest absolute Gasteiger partial charge is 0.375 e. The Morgan fingerprint density at radius 3 is 2.27 bits per heavy atom. The quantitative estimate of drug-likeness (QED) is 0.782. The lowest BCUT2D eigenvalue weighted by Gasteiger charge is -2.33. The predicted octanol–water partition coefficient (Wildman–Crippen LogP) is 5.05. The molecular weight excluding hydrogens is 288 g/mol. The van der Waals surface area contributed by atoms with Gasteiger partial charge >= 0.3 is 0 Å². The highest BCUT2D eigenvalue weighted by atomic mass is 32.2. The van der Waals surface area contributed by atoms with Crippen LogP contribution in [0.1, 0.15) is 11.1 Å². The van der Waals surface area contributed by atoms with Gasteiger partial charge < -0.3 is 4.74 Å². The summed E-state index contributed by atoms with van der Waals surface area (Å²) in [7, 11) is 1.71. The highest BCUT2D eigenvalue weighted by Gasteiger charge is 2.34. The molecule has 0 amide bonds. The first kappa shape index (κ1) is 15.6. The number of rotatable bonds is 4. The zero-order valence-electron chi connectivity index (χ0n) is 12.7. The Labute approximate surface area is 138 Å². The zero-order chi connectivity index (χ0) is 15.4. The lowest BCUT2D eigenvalue weighted by Crippen LogP contribution is -2.22. The topological polar surface area (TPSA) is 9.23 Å². The van der Waals surface area contributed by atoms with Crippen LogP contribution in [0.25, 0.3) is 0 Å². The van der Waals surface area contributed by atoms with Crippen molar-refractivity contribution in [3.05, 3.63) is 102 Å². The third kappa shape index (κ3) is 3.74. The van der Waals surface area contributed by atoms with Gasteiger partial charge in [-0.25, -0.2) is 0 Å². The summed E-state index contributed by atoms with van der Waals surface area (Å²) in [6, 6.07) is 19.1. The van der Waals surface area contributed by atoms with Crippen LogP contribution < -0.4 is 0 Å². The summed E-state index contributed by atoms with van der Waals surface area (Å²) in [6.45, 7) is 2.11. The first-order valence-corrected chi connectivity index (χ1v) is 8.06. The van der Waals surface area contributed by atoms with Gasteiger partial charge in [0.1, 0.15) is 6.10 Å². The number of benzene rings is 2. The van der Waals surface area contributed by atoms with Crippen LogP contribution in [-0.4, -0.2) is 7.11 Å². The molecule has 0 saturated heterocycles. The molecule has 2 aromatic carbocycles. The van der Waals surface area contributed by atoms with Gasteiger partial charge in [-0.15, -0.1) is 11.8 Å². The molecule has 0 aliphatic heterocycles. The minimum absolute atomic E-state index is 0.882. The molecule has 22 heavy (non-hydrogen) atoms. The van der Waals surface area contributed by atoms with Crippen molar-refractivity contribution in [2.75, 3.05) is 7.11 Å². The zero-order valence-corrected chi connectivity index (χ0v) is 13.6. The molecule has 1 fully saturated rings.